The Morgan fingerprint density at radius 3 is 2.59 bits per heavy atom. The monoisotopic (exact) mass is 383 g/mol. The molecule has 0 saturated carbocycles. The van der Waals surface area contributed by atoms with E-state index < -0.39 is 0 Å². The van der Waals surface area contributed by atoms with Crippen LogP contribution in [0.5, 0.6) is 5.75 Å². The number of hydrogen-bond donors (Lipinski definition) is 2. The molecule has 0 aliphatic carbocycles. The number of para-hydroxylation sites is 1. The Bertz CT molecular complexity index is 1190. The first kappa shape index (κ1) is 17.4. The average molecular weight is 383 g/mol. The van der Waals surface area contributed by atoms with Gasteiger partial charge in [0.05, 0.1) is 11.6 Å². The predicted molar refractivity (Wildman–Crippen MR) is 115 cm³/mol. The lowest BCUT2D eigenvalue weighted by molar-refractivity contribution is 0.339. The summed E-state index contributed by atoms with van der Waals surface area (Å²) in [6.07, 6.45) is 0. The molecule has 1 aliphatic rings. The Labute approximate surface area is 169 Å². The third-order valence-corrected chi connectivity index (χ3v) is 4.95. The number of ether oxygens (including phenoxy) is 1. The SMILES string of the molecule is Cc1cc(C)nc(Nc2ccc3nc(NC4COc5ccccc54)ccc3c2)n1. The molecule has 4 aromatic rings. The van der Waals surface area contributed by atoms with Crippen LogP contribution >= 0.6 is 0 Å². The fourth-order valence-electron chi connectivity index (χ4n) is 3.66. The van der Waals surface area contributed by atoms with Crippen molar-refractivity contribution in [1.29, 1.82) is 0 Å². The van der Waals surface area contributed by atoms with E-state index >= 15 is 0 Å². The molecule has 0 fully saturated rings. The Kier molecular flexibility index (Phi) is 4.24. The topological polar surface area (TPSA) is 72.0 Å². The molecule has 0 spiro atoms. The number of hydrogen-bond acceptors (Lipinski definition) is 6. The Hall–Kier alpha value is -3.67. The summed E-state index contributed by atoms with van der Waals surface area (Å²) >= 11 is 0. The summed E-state index contributed by atoms with van der Waals surface area (Å²) < 4.78 is 5.75. The molecule has 3 heterocycles. The zero-order chi connectivity index (χ0) is 19.8. The minimum Gasteiger partial charge on any atom is -0.491 e. The van der Waals surface area contributed by atoms with Crippen molar-refractivity contribution >= 4 is 28.4 Å². The van der Waals surface area contributed by atoms with Gasteiger partial charge in [0.2, 0.25) is 5.95 Å². The van der Waals surface area contributed by atoms with E-state index in [2.05, 4.69) is 38.8 Å². The number of nitrogens with one attached hydrogen (secondary N) is 2. The second kappa shape index (κ2) is 7.05. The Morgan fingerprint density at radius 2 is 1.72 bits per heavy atom. The van der Waals surface area contributed by atoms with Crippen molar-refractivity contribution in [3.05, 3.63) is 77.6 Å². The molecule has 2 aromatic carbocycles. The number of pyridine rings is 1. The van der Waals surface area contributed by atoms with E-state index in [1.54, 1.807) is 0 Å². The molecule has 0 amide bonds. The molecule has 29 heavy (non-hydrogen) atoms. The molecule has 1 atom stereocenters. The molecule has 2 aromatic heterocycles. The lowest BCUT2D eigenvalue weighted by Crippen LogP contribution is -2.12. The van der Waals surface area contributed by atoms with Crippen molar-refractivity contribution in [3.63, 3.8) is 0 Å². The fraction of sp³-hybridized carbons (Fsp3) is 0.174. The maximum Gasteiger partial charge on any atom is 0.227 e. The Morgan fingerprint density at radius 1 is 0.897 bits per heavy atom. The minimum atomic E-state index is 0.110. The van der Waals surface area contributed by atoms with Gasteiger partial charge in [-0.25, -0.2) is 15.0 Å². The van der Waals surface area contributed by atoms with E-state index in [9.17, 15) is 0 Å². The van der Waals surface area contributed by atoms with Gasteiger partial charge in [-0.3, -0.25) is 0 Å². The summed E-state index contributed by atoms with van der Waals surface area (Å²) in [6, 6.07) is 20.3. The number of aromatic nitrogens is 3. The first-order valence-electron chi connectivity index (χ1n) is 9.62. The van der Waals surface area contributed by atoms with E-state index in [1.165, 1.54) is 5.56 Å². The molecule has 1 aliphatic heterocycles. The van der Waals surface area contributed by atoms with E-state index in [0.717, 1.165) is 39.5 Å². The summed E-state index contributed by atoms with van der Waals surface area (Å²) in [6.45, 7) is 4.54. The van der Waals surface area contributed by atoms with Crippen LogP contribution in [-0.2, 0) is 0 Å². The van der Waals surface area contributed by atoms with Crippen LogP contribution in [-0.4, -0.2) is 21.6 Å². The van der Waals surface area contributed by atoms with E-state index in [4.69, 9.17) is 9.72 Å². The van der Waals surface area contributed by atoms with Gasteiger partial charge < -0.3 is 15.4 Å². The van der Waals surface area contributed by atoms with Crippen molar-refractivity contribution in [2.45, 2.75) is 19.9 Å². The van der Waals surface area contributed by atoms with E-state index in [1.807, 2.05) is 56.3 Å². The minimum absolute atomic E-state index is 0.110. The van der Waals surface area contributed by atoms with Crippen molar-refractivity contribution < 1.29 is 4.74 Å². The van der Waals surface area contributed by atoms with Crippen LogP contribution in [0.25, 0.3) is 10.9 Å². The predicted octanol–water partition coefficient (Wildman–Crippen LogP) is 4.93. The first-order valence-corrected chi connectivity index (χ1v) is 9.62. The summed E-state index contributed by atoms with van der Waals surface area (Å²) in [5, 5.41) is 7.81. The lowest BCUT2D eigenvalue weighted by Gasteiger charge is -2.13. The van der Waals surface area contributed by atoms with Crippen molar-refractivity contribution in [3.8, 4) is 5.75 Å². The van der Waals surface area contributed by atoms with Gasteiger partial charge in [0, 0.05) is 28.0 Å². The molecule has 2 N–H and O–H groups in total. The number of anilines is 3. The first-order chi connectivity index (χ1) is 14.1. The number of benzene rings is 2. The number of rotatable bonds is 4. The fourth-order valence-corrected chi connectivity index (χ4v) is 3.66. The summed E-state index contributed by atoms with van der Waals surface area (Å²) in [5.74, 6) is 2.38. The van der Waals surface area contributed by atoms with Crippen LogP contribution in [0.4, 0.5) is 17.5 Å². The molecular formula is C23H21N5O. The standard InChI is InChI=1S/C23H21N5O/c1-14-11-15(2)25-23(24-14)26-17-8-9-19-16(12-17)7-10-22(27-19)28-20-13-29-21-6-4-3-5-18(20)21/h3-12,20H,13H2,1-2H3,(H,27,28)(H,24,25,26). The van der Waals surface area contributed by atoms with Gasteiger partial charge in [0.1, 0.15) is 18.2 Å². The smallest absolute Gasteiger partial charge is 0.227 e. The van der Waals surface area contributed by atoms with Crippen molar-refractivity contribution in [2.75, 3.05) is 17.2 Å². The highest BCUT2D eigenvalue weighted by atomic mass is 16.5. The van der Waals surface area contributed by atoms with Crippen LogP contribution in [0, 0.1) is 13.8 Å². The van der Waals surface area contributed by atoms with Gasteiger partial charge in [0.25, 0.3) is 0 Å². The van der Waals surface area contributed by atoms with Gasteiger partial charge >= 0.3 is 0 Å². The highest BCUT2D eigenvalue weighted by molar-refractivity contribution is 5.84. The van der Waals surface area contributed by atoms with Crippen LogP contribution in [0.15, 0.2) is 60.7 Å². The molecule has 1 unspecified atom stereocenters. The van der Waals surface area contributed by atoms with Crippen molar-refractivity contribution in [2.24, 2.45) is 0 Å². The molecule has 0 bridgehead atoms. The number of fused-ring (bicyclic) bond motifs is 2. The zero-order valence-electron chi connectivity index (χ0n) is 16.3. The number of nitrogens with zero attached hydrogens (tertiary/aromatic N) is 3. The maximum atomic E-state index is 5.75. The highest BCUT2D eigenvalue weighted by Gasteiger charge is 2.23. The molecule has 144 valence electrons. The second-order valence-electron chi connectivity index (χ2n) is 7.25. The van der Waals surface area contributed by atoms with E-state index in [0.29, 0.717) is 12.6 Å². The zero-order valence-corrected chi connectivity index (χ0v) is 16.3. The molecule has 0 saturated heterocycles. The van der Waals surface area contributed by atoms with Gasteiger partial charge in [-0.05, 0) is 56.3 Å². The third-order valence-electron chi connectivity index (χ3n) is 4.95. The van der Waals surface area contributed by atoms with Crippen LogP contribution in [0.1, 0.15) is 23.0 Å². The van der Waals surface area contributed by atoms with Gasteiger partial charge in [-0.2, -0.15) is 0 Å². The van der Waals surface area contributed by atoms with Gasteiger partial charge in [0.15, 0.2) is 0 Å². The summed E-state index contributed by atoms with van der Waals surface area (Å²) in [7, 11) is 0. The summed E-state index contributed by atoms with van der Waals surface area (Å²) in [5.41, 5.74) is 4.91. The van der Waals surface area contributed by atoms with Crippen LogP contribution in [0.2, 0.25) is 0 Å². The summed E-state index contributed by atoms with van der Waals surface area (Å²) in [4.78, 5) is 13.6. The molecule has 0 radical (unpaired) electrons. The van der Waals surface area contributed by atoms with Crippen molar-refractivity contribution in [1.82, 2.24) is 15.0 Å². The number of aryl methyl sites for hydroxylation is 2. The molecule has 6 nitrogen and oxygen atoms in total. The molecular weight excluding hydrogens is 362 g/mol. The maximum absolute atomic E-state index is 5.75. The molecule has 6 heteroatoms. The average Bonchev–Trinajstić information content (AvgIpc) is 3.10. The van der Waals surface area contributed by atoms with Crippen LogP contribution in [0.3, 0.4) is 0 Å². The van der Waals surface area contributed by atoms with Gasteiger partial charge in [-0.1, -0.05) is 18.2 Å². The normalized spacial score (nSPS) is 15.0. The molecule has 5 rings (SSSR count). The van der Waals surface area contributed by atoms with Gasteiger partial charge in [-0.15, -0.1) is 0 Å². The quantitative estimate of drug-likeness (QED) is 0.521. The lowest BCUT2D eigenvalue weighted by atomic mass is 10.1. The van der Waals surface area contributed by atoms with Crippen LogP contribution < -0.4 is 15.4 Å². The largest absolute Gasteiger partial charge is 0.491 e. The highest BCUT2D eigenvalue weighted by Crippen LogP contribution is 2.34. The Balaban J connectivity index is 1.37. The second-order valence-corrected chi connectivity index (χ2v) is 7.25. The van der Waals surface area contributed by atoms with E-state index in [-0.39, 0.29) is 6.04 Å². The third kappa shape index (κ3) is 3.57.